The average molecular weight is 255 g/mol. The summed E-state index contributed by atoms with van der Waals surface area (Å²) in [6.07, 6.45) is -0.499. The van der Waals surface area contributed by atoms with Gasteiger partial charge in [-0.25, -0.2) is 4.39 Å². The number of hydrogen-bond acceptors (Lipinski definition) is 3. The second-order valence-electron chi connectivity index (χ2n) is 3.77. The van der Waals surface area contributed by atoms with Gasteiger partial charge in [-0.2, -0.15) is 0 Å². The van der Waals surface area contributed by atoms with Crippen LogP contribution in [0.25, 0.3) is 0 Å². The lowest BCUT2D eigenvalue weighted by atomic mass is 10.2. The molecule has 1 aromatic carbocycles. The number of halogens is 1. The summed E-state index contributed by atoms with van der Waals surface area (Å²) < 4.78 is 23.2. The first-order valence-corrected chi connectivity index (χ1v) is 5.80. The summed E-state index contributed by atoms with van der Waals surface area (Å²) in [4.78, 5) is 11.6. The van der Waals surface area contributed by atoms with Crippen LogP contribution in [0.5, 0.6) is 5.75 Å². The lowest BCUT2D eigenvalue weighted by molar-refractivity contribution is -0.131. The smallest absolute Gasteiger partial charge is 0.249 e. The van der Waals surface area contributed by atoms with Crippen molar-refractivity contribution in [1.82, 2.24) is 5.32 Å². The Morgan fingerprint density at radius 3 is 2.83 bits per heavy atom. The van der Waals surface area contributed by atoms with Crippen LogP contribution in [0.3, 0.4) is 0 Å². The molecule has 0 heterocycles. The number of hydrogen-bond donors (Lipinski definition) is 1. The van der Waals surface area contributed by atoms with Gasteiger partial charge >= 0.3 is 0 Å². The first kappa shape index (κ1) is 14.4. The Bertz CT molecular complexity index is 409. The lowest BCUT2D eigenvalue weighted by Gasteiger charge is -2.13. The van der Waals surface area contributed by atoms with Crippen LogP contribution in [0.15, 0.2) is 18.2 Å². The molecule has 0 radical (unpaired) electrons. The standard InChI is InChI=1S/C13H18FNO3/c1-4-18-9(2)13(16)15-8-10-5-6-11(14)7-12(10)17-3/h5-7,9H,4,8H2,1-3H3,(H,15,16)/t9-/m1/s1. The minimum atomic E-state index is -0.499. The van der Waals surface area contributed by atoms with Crippen molar-refractivity contribution in [3.05, 3.63) is 29.6 Å². The molecule has 0 spiro atoms. The van der Waals surface area contributed by atoms with Crippen LogP contribution in [0.4, 0.5) is 4.39 Å². The van der Waals surface area contributed by atoms with E-state index in [-0.39, 0.29) is 18.3 Å². The highest BCUT2D eigenvalue weighted by molar-refractivity contribution is 5.80. The average Bonchev–Trinajstić information content (AvgIpc) is 2.37. The second-order valence-corrected chi connectivity index (χ2v) is 3.77. The third kappa shape index (κ3) is 4.00. The van der Waals surface area contributed by atoms with E-state index in [1.165, 1.54) is 19.2 Å². The van der Waals surface area contributed by atoms with Gasteiger partial charge in [-0.1, -0.05) is 6.07 Å². The third-order valence-corrected chi connectivity index (χ3v) is 2.49. The summed E-state index contributed by atoms with van der Waals surface area (Å²) >= 11 is 0. The molecule has 5 heteroatoms. The summed E-state index contributed by atoms with van der Waals surface area (Å²) in [5.41, 5.74) is 0.718. The molecule has 0 bridgehead atoms. The number of rotatable bonds is 6. The molecule has 0 aliphatic heterocycles. The molecular formula is C13H18FNO3. The fourth-order valence-electron chi connectivity index (χ4n) is 1.52. The zero-order valence-electron chi connectivity index (χ0n) is 10.8. The predicted molar refractivity (Wildman–Crippen MR) is 65.9 cm³/mol. The number of ether oxygens (including phenoxy) is 2. The van der Waals surface area contributed by atoms with E-state index in [9.17, 15) is 9.18 Å². The van der Waals surface area contributed by atoms with Crippen LogP contribution >= 0.6 is 0 Å². The first-order valence-electron chi connectivity index (χ1n) is 5.80. The molecule has 0 saturated carbocycles. The maximum Gasteiger partial charge on any atom is 0.249 e. The molecule has 0 fully saturated rings. The van der Waals surface area contributed by atoms with Gasteiger partial charge in [-0.3, -0.25) is 4.79 Å². The van der Waals surface area contributed by atoms with Gasteiger partial charge < -0.3 is 14.8 Å². The van der Waals surface area contributed by atoms with Crippen molar-refractivity contribution in [2.45, 2.75) is 26.5 Å². The Morgan fingerprint density at radius 1 is 1.50 bits per heavy atom. The Labute approximate surface area is 106 Å². The minimum Gasteiger partial charge on any atom is -0.496 e. The van der Waals surface area contributed by atoms with Crippen molar-refractivity contribution < 1.29 is 18.7 Å². The molecule has 0 aromatic heterocycles. The zero-order valence-corrected chi connectivity index (χ0v) is 10.8. The second kappa shape index (κ2) is 6.96. The molecule has 18 heavy (non-hydrogen) atoms. The van der Waals surface area contributed by atoms with Gasteiger partial charge in [0.05, 0.1) is 7.11 Å². The van der Waals surface area contributed by atoms with Crippen molar-refractivity contribution >= 4 is 5.91 Å². The van der Waals surface area contributed by atoms with Crippen molar-refractivity contribution in [2.75, 3.05) is 13.7 Å². The summed E-state index contributed by atoms with van der Waals surface area (Å²) in [7, 11) is 1.46. The van der Waals surface area contributed by atoms with Crippen molar-refractivity contribution in [2.24, 2.45) is 0 Å². The fourth-order valence-corrected chi connectivity index (χ4v) is 1.52. The van der Waals surface area contributed by atoms with Gasteiger partial charge in [0.1, 0.15) is 17.7 Å². The van der Waals surface area contributed by atoms with Gasteiger partial charge in [0, 0.05) is 24.8 Å². The Balaban J connectivity index is 2.60. The van der Waals surface area contributed by atoms with Gasteiger partial charge in [0.15, 0.2) is 0 Å². The van der Waals surface area contributed by atoms with Gasteiger partial charge in [0.2, 0.25) is 5.91 Å². The maximum absolute atomic E-state index is 13.0. The van der Waals surface area contributed by atoms with E-state index >= 15 is 0 Å². The van der Waals surface area contributed by atoms with Crippen LogP contribution in [-0.2, 0) is 16.1 Å². The summed E-state index contributed by atoms with van der Waals surface area (Å²) in [5, 5.41) is 2.71. The topological polar surface area (TPSA) is 47.6 Å². The number of carbonyl (C=O) groups excluding carboxylic acids is 1. The van der Waals surface area contributed by atoms with Crippen molar-refractivity contribution in [3.63, 3.8) is 0 Å². The molecule has 100 valence electrons. The van der Waals surface area contributed by atoms with E-state index in [0.717, 1.165) is 5.56 Å². The predicted octanol–water partition coefficient (Wildman–Crippen LogP) is 1.88. The Kier molecular flexibility index (Phi) is 5.58. The highest BCUT2D eigenvalue weighted by Crippen LogP contribution is 2.19. The Hall–Kier alpha value is -1.62. The summed E-state index contributed by atoms with van der Waals surface area (Å²) in [6.45, 7) is 4.27. The molecule has 1 atom stereocenters. The minimum absolute atomic E-state index is 0.205. The van der Waals surface area contributed by atoms with E-state index in [0.29, 0.717) is 12.4 Å². The molecule has 0 saturated heterocycles. The van der Waals surface area contributed by atoms with Crippen LogP contribution in [0, 0.1) is 5.82 Å². The molecule has 1 rings (SSSR count). The van der Waals surface area contributed by atoms with Gasteiger partial charge in [-0.15, -0.1) is 0 Å². The molecule has 1 amide bonds. The number of carbonyl (C=O) groups is 1. The normalized spacial score (nSPS) is 12.0. The molecule has 4 nitrogen and oxygen atoms in total. The van der Waals surface area contributed by atoms with E-state index in [1.807, 2.05) is 6.92 Å². The largest absolute Gasteiger partial charge is 0.496 e. The van der Waals surface area contributed by atoms with Gasteiger partial charge in [-0.05, 0) is 19.9 Å². The highest BCUT2D eigenvalue weighted by Gasteiger charge is 2.13. The van der Waals surface area contributed by atoms with Crippen molar-refractivity contribution in [3.8, 4) is 5.75 Å². The van der Waals surface area contributed by atoms with E-state index < -0.39 is 6.10 Å². The SMILES string of the molecule is CCO[C@H](C)C(=O)NCc1ccc(F)cc1OC. The Morgan fingerprint density at radius 2 is 2.22 bits per heavy atom. The van der Waals surface area contributed by atoms with Gasteiger partial charge in [0.25, 0.3) is 0 Å². The molecule has 0 unspecified atom stereocenters. The monoisotopic (exact) mass is 255 g/mol. The van der Waals surface area contributed by atoms with Crippen LogP contribution in [0.1, 0.15) is 19.4 Å². The molecule has 0 aliphatic carbocycles. The lowest BCUT2D eigenvalue weighted by Crippen LogP contribution is -2.34. The number of methoxy groups -OCH3 is 1. The summed E-state index contributed by atoms with van der Waals surface area (Å²) in [5.74, 6) is -0.160. The van der Waals surface area contributed by atoms with Crippen molar-refractivity contribution in [1.29, 1.82) is 0 Å². The quantitative estimate of drug-likeness (QED) is 0.844. The molecular weight excluding hydrogens is 237 g/mol. The van der Waals surface area contributed by atoms with E-state index in [1.54, 1.807) is 13.0 Å². The highest BCUT2D eigenvalue weighted by atomic mass is 19.1. The molecule has 0 aliphatic rings. The first-order chi connectivity index (χ1) is 8.58. The molecule has 1 aromatic rings. The maximum atomic E-state index is 13.0. The summed E-state index contributed by atoms with van der Waals surface area (Å²) in [6, 6.07) is 4.20. The molecule has 1 N–H and O–H groups in total. The number of nitrogens with one attached hydrogen (secondary N) is 1. The van der Waals surface area contributed by atoms with E-state index in [4.69, 9.17) is 9.47 Å². The van der Waals surface area contributed by atoms with Crippen LogP contribution in [0.2, 0.25) is 0 Å². The van der Waals surface area contributed by atoms with Crippen LogP contribution < -0.4 is 10.1 Å². The number of amides is 1. The third-order valence-electron chi connectivity index (χ3n) is 2.49. The zero-order chi connectivity index (χ0) is 13.5. The number of benzene rings is 1. The van der Waals surface area contributed by atoms with Crippen LogP contribution in [-0.4, -0.2) is 25.7 Å². The van der Waals surface area contributed by atoms with E-state index in [2.05, 4.69) is 5.32 Å². The fraction of sp³-hybridized carbons (Fsp3) is 0.462.